The topological polar surface area (TPSA) is 20.2 Å². The summed E-state index contributed by atoms with van der Waals surface area (Å²) in [6, 6.07) is 7.72. The number of aliphatic hydroxyl groups excluding tert-OH is 1. The molecule has 1 nitrogen and oxygen atoms in total. The van der Waals surface area contributed by atoms with E-state index in [1.807, 2.05) is 24.3 Å². The van der Waals surface area contributed by atoms with Crippen LogP contribution in [0.3, 0.4) is 0 Å². The summed E-state index contributed by atoms with van der Waals surface area (Å²) in [4.78, 5) is 0. The predicted octanol–water partition coefficient (Wildman–Crippen LogP) is 4.29. The predicted molar refractivity (Wildman–Crippen MR) is 73.1 cm³/mol. The van der Waals surface area contributed by atoms with Gasteiger partial charge in [0.25, 0.3) is 0 Å². The first kappa shape index (κ1) is 12.7. The standard InChI is InChI=1S/C15H19ClO/c1-15(2)10-4-3-5-13(14(15)17)11-6-8-12(16)9-7-11/h5-9,14,17H,3-4,10H2,1-2H3. The normalized spacial score (nSPS) is 24.0. The van der Waals surface area contributed by atoms with Crippen LogP contribution in [0, 0.1) is 5.41 Å². The maximum Gasteiger partial charge on any atom is 0.0843 e. The van der Waals surface area contributed by atoms with Crippen molar-refractivity contribution in [1.29, 1.82) is 0 Å². The fraction of sp³-hybridized carbons (Fsp3) is 0.467. The molecule has 1 aliphatic rings. The van der Waals surface area contributed by atoms with Crippen molar-refractivity contribution in [3.63, 3.8) is 0 Å². The van der Waals surface area contributed by atoms with E-state index in [2.05, 4.69) is 19.9 Å². The molecule has 0 saturated carbocycles. The molecule has 1 N–H and O–H groups in total. The average molecular weight is 251 g/mol. The molecule has 0 amide bonds. The van der Waals surface area contributed by atoms with Crippen molar-refractivity contribution in [3.8, 4) is 0 Å². The lowest BCUT2D eigenvalue weighted by molar-refractivity contribution is 0.0929. The van der Waals surface area contributed by atoms with Crippen molar-refractivity contribution in [2.24, 2.45) is 5.41 Å². The SMILES string of the molecule is CC1(C)CCCC=C(c2ccc(Cl)cc2)C1O. The Morgan fingerprint density at radius 1 is 1.24 bits per heavy atom. The summed E-state index contributed by atoms with van der Waals surface area (Å²) in [5.41, 5.74) is 2.07. The molecule has 0 radical (unpaired) electrons. The molecule has 1 atom stereocenters. The van der Waals surface area contributed by atoms with E-state index in [4.69, 9.17) is 11.6 Å². The van der Waals surface area contributed by atoms with Gasteiger partial charge in [-0.25, -0.2) is 0 Å². The minimum atomic E-state index is -0.397. The van der Waals surface area contributed by atoms with Crippen LogP contribution in [0.4, 0.5) is 0 Å². The van der Waals surface area contributed by atoms with E-state index in [1.165, 1.54) is 0 Å². The monoisotopic (exact) mass is 250 g/mol. The Morgan fingerprint density at radius 3 is 2.53 bits per heavy atom. The number of halogens is 1. The van der Waals surface area contributed by atoms with E-state index in [-0.39, 0.29) is 5.41 Å². The third-order valence-corrected chi connectivity index (χ3v) is 3.85. The second-order valence-corrected chi connectivity index (χ2v) is 5.89. The lowest BCUT2D eigenvalue weighted by Gasteiger charge is -2.30. The van der Waals surface area contributed by atoms with Gasteiger partial charge in [0.2, 0.25) is 0 Å². The highest BCUT2D eigenvalue weighted by atomic mass is 35.5. The summed E-state index contributed by atoms with van der Waals surface area (Å²) in [5.74, 6) is 0. The van der Waals surface area contributed by atoms with Crippen LogP contribution in [0.15, 0.2) is 30.3 Å². The Hall–Kier alpha value is -0.790. The Balaban J connectivity index is 2.35. The van der Waals surface area contributed by atoms with Crippen molar-refractivity contribution < 1.29 is 5.11 Å². The van der Waals surface area contributed by atoms with Crippen molar-refractivity contribution in [1.82, 2.24) is 0 Å². The van der Waals surface area contributed by atoms with Crippen molar-refractivity contribution >= 4 is 17.2 Å². The van der Waals surface area contributed by atoms with Crippen LogP contribution in [0.5, 0.6) is 0 Å². The quantitative estimate of drug-likeness (QED) is 0.788. The zero-order valence-electron chi connectivity index (χ0n) is 10.4. The van der Waals surface area contributed by atoms with E-state index in [9.17, 15) is 5.11 Å². The van der Waals surface area contributed by atoms with Gasteiger partial charge in [-0.3, -0.25) is 0 Å². The number of hydrogen-bond acceptors (Lipinski definition) is 1. The van der Waals surface area contributed by atoms with E-state index < -0.39 is 6.10 Å². The van der Waals surface area contributed by atoms with Gasteiger partial charge in [-0.1, -0.05) is 43.7 Å². The van der Waals surface area contributed by atoms with Crippen molar-refractivity contribution in [2.45, 2.75) is 39.2 Å². The molecule has 0 bridgehead atoms. The first-order chi connectivity index (χ1) is 8.00. The Bertz CT molecular complexity index is 417. The van der Waals surface area contributed by atoms with Gasteiger partial charge in [-0.15, -0.1) is 0 Å². The lowest BCUT2D eigenvalue weighted by Crippen LogP contribution is -2.29. The number of aliphatic hydroxyl groups is 1. The van der Waals surface area contributed by atoms with E-state index in [0.29, 0.717) is 0 Å². The van der Waals surface area contributed by atoms with Gasteiger partial charge in [0.1, 0.15) is 0 Å². The van der Waals surface area contributed by atoms with Gasteiger partial charge < -0.3 is 5.11 Å². The molecule has 17 heavy (non-hydrogen) atoms. The highest BCUT2D eigenvalue weighted by Crippen LogP contribution is 2.38. The van der Waals surface area contributed by atoms with Crippen molar-refractivity contribution in [2.75, 3.05) is 0 Å². The highest BCUT2D eigenvalue weighted by Gasteiger charge is 2.32. The Labute approximate surface area is 108 Å². The molecule has 0 fully saturated rings. The summed E-state index contributed by atoms with van der Waals surface area (Å²) in [7, 11) is 0. The number of benzene rings is 1. The molecule has 2 heteroatoms. The molecule has 0 aliphatic heterocycles. The van der Waals surface area contributed by atoms with Crippen LogP contribution >= 0.6 is 11.6 Å². The zero-order chi connectivity index (χ0) is 12.5. The molecule has 1 unspecified atom stereocenters. The van der Waals surface area contributed by atoms with Crippen LogP contribution in [0.2, 0.25) is 5.02 Å². The fourth-order valence-electron chi connectivity index (χ4n) is 2.40. The molecule has 1 aromatic carbocycles. The third kappa shape index (κ3) is 2.72. The minimum absolute atomic E-state index is 0.0536. The molecule has 2 rings (SSSR count). The Morgan fingerprint density at radius 2 is 1.88 bits per heavy atom. The van der Waals surface area contributed by atoms with Gasteiger partial charge in [0.15, 0.2) is 0 Å². The van der Waals surface area contributed by atoms with Gasteiger partial charge >= 0.3 is 0 Å². The molecule has 92 valence electrons. The highest BCUT2D eigenvalue weighted by molar-refractivity contribution is 6.30. The summed E-state index contributed by atoms with van der Waals surface area (Å²) in [6.07, 6.45) is 5.01. The van der Waals surface area contributed by atoms with Gasteiger partial charge in [0.05, 0.1) is 6.10 Å². The maximum absolute atomic E-state index is 10.5. The van der Waals surface area contributed by atoms with Crippen LogP contribution < -0.4 is 0 Å². The molecular weight excluding hydrogens is 232 g/mol. The maximum atomic E-state index is 10.5. The van der Waals surface area contributed by atoms with Gasteiger partial charge in [-0.2, -0.15) is 0 Å². The van der Waals surface area contributed by atoms with Crippen LogP contribution in [0.1, 0.15) is 38.7 Å². The van der Waals surface area contributed by atoms with Gasteiger partial charge in [-0.05, 0) is 47.9 Å². The molecule has 0 saturated heterocycles. The summed E-state index contributed by atoms with van der Waals surface area (Å²) < 4.78 is 0. The van der Waals surface area contributed by atoms with E-state index >= 15 is 0 Å². The summed E-state index contributed by atoms with van der Waals surface area (Å²) in [6.45, 7) is 4.26. The van der Waals surface area contributed by atoms with Crippen LogP contribution in [-0.2, 0) is 0 Å². The van der Waals surface area contributed by atoms with E-state index in [0.717, 1.165) is 35.4 Å². The molecule has 0 spiro atoms. The van der Waals surface area contributed by atoms with Crippen LogP contribution in [0.25, 0.3) is 5.57 Å². The largest absolute Gasteiger partial charge is 0.388 e. The van der Waals surface area contributed by atoms with Crippen LogP contribution in [-0.4, -0.2) is 11.2 Å². The Kier molecular flexibility index (Phi) is 3.60. The first-order valence-corrected chi connectivity index (χ1v) is 6.52. The minimum Gasteiger partial charge on any atom is -0.388 e. The number of allylic oxidation sites excluding steroid dienone is 1. The second-order valence-electron chi connectivity index (χ2n) is 5.45. The molecule has 1 aliphatic carbocycles. The van der Waals surface area contributed by atoms with Gasteiger partial charge in [0, 0.05) is 5.02 Å². The first-order valence-electron chi connectivity index (χ1n) is 6.15. The second kappa shape index (κ2) is 4.83. The third-order valence-electron chi connectivity index (χ3n) is 3.60. The molecule has 1 aromatic rings. The molecule has 0 aromatic heterocycles. The molecule has 0 heterocycles. The fourth-order valence-corrected chi connectivity index (χ4v) is 2.53. The number of rotatable bonds is 1. The smallest absolute Gasteiger partial charge is 0.0843 e. The van der Waals surface area contributed by atoms with E-state index in [1.54, 1.807) is 0 Å². The van der Waals surface area contributed by atoms with Crippen molar-refractivity contribution in [3.05, 3.63) is 40.9 Å². The lowest BCUT2D eigenvalue weighted by atomic mass is 9.79. The number of hydrogen-bond donors (Lipinski definition) is 1. The summed E-state index contributed by atoms with van der Waals surface area (Å²) in [5, 5.41) is 11.2. The zero-order valence-corrected chi connectivity index (χ0v) is 11.2. The molecular formula is C15H19ClO. The average Bonchev–Trinajstić information content (AvgIpc) is 2.41. The summed E-state index contributed by atoms with van der Waals surface area (Å²) >= 11 is 5.89.